The summed E-state index contributed by atoms with van der Waals surface area (Å²) in [6, 6.07) is 3.15. The number of hydrogen-bond donors (Lipinski definition) is 2. The average molecular weight is 316 g/mol. The first-order valence-corrected chi connectivity index (χ1v) is 6.97. The minimum atomic E-state index is -0.841. The van der Waals surface area contributed by atoms with E-state index in [1.807, 2.05) is 13.8 Å². The molecule has 0 heterocycles. The molecule has 1 atom stereocenters. The molecule has 1 aromatic rings. The number of nitrogens with two attached hydrogens (primary N) is 1. The number of carboxylic acid groups (broad SMARTS) is 1. The second kappa shape index (κ2) is 7.00. The van der Waals surface area contributed by atoms with E-state index in [-0.39, 0.29) is 12.5 Å². The Morgan fingerprint density at radius 3 is 2.48 bits per heavy atom. The van der Waals surface area contributed by atoms with Crippen LogP contribution in [-0.4, -0.2) is 25.3 Å². The van der Waals surface area contributed by atoms with Crippen LogP contribution in [-0.2, 0) is 4.79 Å². The van der Waals surface area contributed by atoms with Crippen LogP contribution in [0.1, 0.15) is 38.3 Å². The molecule has 1 rings (SSSR count). The highest BCUT2D eigenvalue weighted by molar-refractivity contribution is 6.33. The summed E-state index contributed by atoms with van der Waals surface area (Å²) in [5.74, 6) is 0.135. The summed E-state index contributed by atoms with van der Waals surface area (Å²) in [6.07, 6.45) is 0.547. The largest absolute Gasteiger partial charge is 0.495 e. The molecule has 0 aliphatic heterocycles. The number of benzene rings is 1. The first kappa shape index (κ1) is 17.6. The van der Waals surface area contributed by atoms with Crippen molar-refractivity contribution in [3.63, 3.8) is 0 Å². The van der Waals surface area contributed by atoms with Gasteiger partial charge in [-0.25, -0.2) is 0 Å². The number of halogens is 1. The van der Waals surface area contributed by atoms with Gasteiger partial charge in [0.1, 0.15) is 16.5 Å². The van der Waals surface area contributed by atoms with Crippen LogP contribution >= 0.6 is 11.6 Å². The quantitative estimate of drug-likeness (QED) is 0.807. The molecule has 21 heavy (non-hydrogen) atoms. The molecule has 1 aromatic carbocycles. The molecule has 0 bridgehead atoms. The molecule has 5 nitrogen and oxygen atoms in total. The highest BCUT2D eigenvalue weighted by atomic mass is 35.5. The topological polar surface area (TPSA) is 81.8 Å². The van der Waals surface area contributed by atoms with E-state index < -0.39 is 11.4 Å². The van der Waals surface area contributed by atoms with Crippen LogP contribution in [0.15, 0.2) is 12.1 Å². The summed E-state index contributed by atoms with van der Waals surface area (Å²) in [5, 5.41) is 9.31. The second-order valence-corrected chi connectivity index (χ2v) is 6.13. The lowest BCUT2D eigenvalue weighted by molar-refractivity contribution is -0.139. The van der Waals surface area contributed by atoms with E-state index in [0.29, 0.717) is 22.9 Å². The van der Waals surface area contributed by atoms with Crippen LogP contribution in [0.25, 0.3) is 0 Å². The molecule has 3 N–H and O–H groups in total. The number of carbonyl (C=O) groups is 1. The minimum absolute atomic E-state index is 0.0485. The molecule has 1 unspecified atom stereocenters. The van der Waals surface area contributed by atoms with E-state index in [0.717, 1.165) is 5.56 Å². The van der Waals surface area contributed by atoms with Gasteiger partial charge in [-0.05, 0) is 24.0 Å². The van der Waals surface area contributed by atoms with Gasteiger partial charge in [0.25, 0.3) is 0 Å². The third-order valence-electron chi connectivity index (χ3n) is 3.32. The van der Waals surface area contributed by atoms with Crippen molar-refractivity contribution in [1.29, 1.82) is 0 Å². The van der Waals surface area contributed by atoms with E-state index in [4.69, 9.17) is 31.9 Å². The van der Waals surface area contributed by atoms with Gasteiger partial charge in [-0.1, -0.05) is 25.4 Å². The van der Waals surface area contributed by atoms with Crippen molar-refractivity contribution in [2.45, 2.75) is 32.7 Å². The van der Waals surface area contributed by atoms with E-state index in [2.05, 4.69) is 0 Å². The molecule has 0 saturated carbocycles. The van der Waals surface area contributed by atoms with Gasteiger partial charge in [-0.3, -0.25) is 4.79 Å². The Kier molecular flexibility index (Phi) is 5.87. The van der Waals surface area contributed by atoms with Crippen molar-refractivity contribution < 1.29 is 19.4 Å². The van der Waals surface area contributed by atoms with Crippen LogP contribution < -0.4 is 15.2 Å². The molecule has 0 fully saturated rings. The Morgan fingerprint density at radius 2 is 2.00 bits per heavy atom. The lowest BCUT2D eigenvalue weighted by Gasteiger charge is -2.27. The Morgan fingerprint density at radius 1 is 1.38 bits per heavy atom. The van der Waals surface area contributed by atoms with Gasteiger partial charge < -0.3 is 20.3 Å². The van der Waals surface area contributed by atoms with Crippen LogP contribution in [0, 0.1) is 5.41 Å². The van der Waals surface area contributed by atoms with Gasteiger partial charge in [0.2, 0.25) is 0 Å². The van der Waals surface area contributed by atoms with Crippen molar-refractivity contribution in [2.75, 3.05) is 14.2 Å². The maximum absolute atomic E-state index is 10.9. The molecule has 0 radical (unpaired) electrons. The van der Waals surface area contributed by atoms with E-state index in [1.54, 1.807) is 12.1 Å². The van der Waals surface area contributed by atoms with Crippen LogP contribution in [0.3, 0.4) is 0 Å². The number of hydrogen-bond acceptors (Lipinski definition) is 4. The molecule has 0 aromatic heterocycles. The van der Waals surface area contributed by atoms with Crippen molar-refractivity contribution in [2.24, 2.45) is 11.1 Å². The number of rotatable bonds is 7. The number of aliphatic carboxylic acids is 1. The third-order valence-corrected chi connectivity index (χ3v) is 3.68. The van der Waals surface area contributed by atoms with Crippen molar-refractivity contribution in [1.82, 2.24) is 0 Å². The molecule has 0 aliphatic rings. The normalized spacial score (nSPS) is 12.9. The van der Waals surface area contributed by atoms with Gasteiger partial charge in [0, 0.05) is 11.6 Å². The zero-order valence-corrected chi connectivity index (χ0v) is 13.5. The fourth-order valence-corrected chi connectivity index (χ4v) is 2.72. The smallest absolute Gasteiger partial charge is 0.303 e. The third kappa shape index (κ3) is 4.51. The van der Waals surface area contributed by atoms with E-state index >= 15 is 0 Å². The predicted molar refractivity (Wildman–Crippen MR) is 82.1 cm³/mol. The number of ether oxygens (including phenoxy) is 2. The van der Waals surface area contributed by atoms with E-state index in [1.165, 1.54) is 14.2 Å². The molecule has 0 amide bonds. The first-order valence-electron chi connectivity index (χ1n) is 6.59. The van der Waals surface area contributed by atoms with Gasteiger partial charge in [-0.15, -0.1) is 0 Å². The standard InChI is InChI=1S/C15H22ClNO4/c1-15(2,8-12(18)19)7-10(17)9-5-6-11(20-3)13(16)14(9)21-4/h5-6,10H,7-8,17H2,1-4H3,(H,18,19). The first-order chi connectivity index (χ1) is 9.71. The molecular formula is C15H22ClNO4. The predicted octanol–water partition coefficient (Wildman–Crippen LogP) is 3.25. The Hall–Kier alpha value is -1.46. The van der Waals surface area contributed by atoms with Gasteiger partial charge in [0.05, 0.1) is 20.6 Å². The Balaban J connectivity index is 3.05. The zero-order chi connectivity index (χ0) is 16.2. The Bertz CT molecular complexity index is 517. The maximum Gasteiger partial charge on any atom is 0.303 e. The van der Waals surface area contributed by atoms with Crippen molar-refractivity contribution >= 4 is 17.6 Å². The lowest BCUT2D eigenvalue weighted by atomic mass is 9.81. The SMILES string of the molecule is COc1ccc(C(N)CC(C)(C)CC(=O)O)c(OC)c1Cl. The highest BCUT2D eigenvalue weighted by Crippen LogP contribution is 2.41. The minimum Gasteiger partial charge on any atom is -0.495 e. The molecule has 0 aliphatic carbocycles. The molecule has 0 saturated heterocycles. The summed E-state index contributed by atoms with van der Waals surface area (Å²) in [6.45, 7) is 3.75. The molecule has 6 heteroatoms. The van der Waals surface area contributed by atoms with Gasteiger partial charge in [0.15, 0.2) is 0 Å². The summed E-state index contributed by atoms with van der Waals surface area (Å²) < 4.78 is 10.5. The average Bonchev–Trinajstić information content (AvgIpc) is 2.35. The zero-order valence-electron chi connectivity index (χ0n) is 12.8. The Labute approximate surface area is 130 Å². The number of methoxy groups -OCH3 is 2. The highest BCUT2D eigenvalue weighted by Gasteiger charge is 2.27. The maximum atomic E-state index is 10.9. The van der Waals surface area contributed by atoms with Crippen molar-refractivity contribution in [3.05, 3.63) is 22.7 Å². The van der Waals surface area contributed by atoms with Crippen LogP contribution in [0.2, 0.25) is 5.02 Å². The summed E-state index contributed by atoms with van der Waals surface area (Å²) in [4.78, 5) is 10.9. The van der Waals surface area contributed by atoms with Crippen LogP contribution in [0.5, 0.6) is 11.5 Å². The summed E-state index contributed by atoms with van der Waals surface area (Å²) >= 11 is 6.21. The fraction of sp³-hybridized carbons (Fsp3) is 0.533. The number of carboxylic acids is 1. The fourth-order valence-electron chi connectivity index (χ4n) is 2.40. The van der Waals surface area contributed by atoms with Gasteiger partial charge >= 0.3 is 5.97 Å². The summed E-state index contributed by atoms with van der Waals surface area (Å²) in [5.41, 5.74) is 6.53. The van der Waals surface area contributed by atoms with Crippen molar-refractivity contribution in [3.8, 4) is 11.5 Å². The van der Waals surface area contributed by atoms with Crippen LogP contribution in [0.4, 0.5) is 0 Å². The molecule has 118 valence electrons. The lowest BCUT2D eigenvalue weighted by Crippen LogP contribution is -2.24. The van der Waals surface area contributed by atoms with E-state index in [9.17, 15) is 4.79 Å². The second-order valence-electron chi connectivity index (χ2n) is 5.75. The monoisotopic (exact) mass is 315 g/mol. The summed E-state index contributed by atoms with van der Waals surface area (Å²) in [7, 11) is 3.04. The molecular weight excluding hydrogens is 294 g/mol. The van der Waals surface area contributed by atoms with Gasteiger partial charge in [-0.2, -0.15) is 0 Å². The molecule has 0 spiro atoms.